The number of nitrogens with zero attached hydrogens (tertiary/aromatic N) is 4. The van der Waals surface area contributed by atoms with Gasteiger partial charge in [-0.05, 0) is 104 Å². The minimum Gasteiger partial charge on any atom is -0.309 e. The molecule has 4 heterocycles. The second-order valence-corrected chi connectivity index (χ2v) is 18.0. The molecular formula is C60H36N4S. The lowest BCUT2D eigenvalue weighted by molar-refractivity contribution is 1.02. The molecule has 14 rings (SSSR count). The van der Waals surface area contributed by atoms with Gasteiger partial charge < -0.3 is 4.57 Å². The maximum atomic E-state index is 5.61. The minimum atomic E-state index is 0.655. The van der Waals surface area contributed by atoms with E-state index in [1.807, 2.05) is 0 Å². The summed E-state index contributed by atoms with van der Waals surface area (Å²) in [5, 5.41) is 12.1. The van der Waals surface area contributed by atoms with Crippen LogP contribution < -0.4 is 0 Å². The van der Waals surface area contributed by atoms with Gasteiger partial charge in [0.05, 0.1) is 38.0 Å². The Labute approximate surface area is 377 Å². The van der Waals surface area contributed by atoms with Gasteiger partial charge in [0, 0.05) is 37.7 Å². The van der Waals surface area contributed by atoms with E-state index in [0.717, 1.165) is 49.1 Å². The average Bonchev–Trinajstić information content (AvgIpc) is 4.06. The minimum absolute atomic E-state index is 0.655. The summed E-state index contributed by atoms with van der Waals surface area (Å²) < 4.78 is 5.77. The highest BCUT2D eigenvalue weighted by molar-refractivity contribution is 7.22. The molecule has 0 fully saturated rings. The van der Waals surface area contributed by atoms with Gasteiger partial charge in [-0.3, -0.25) is 4.57 Å². The fourth-order valence-electron chi connectivity index (χ4n) is 10.4. The van der Waals surface area contributed by atoms with Crippen molar-refractivity contribution >= 4 is 97.5 Å². The zero-order valence-corrected chi connectivity index (χ0v) is 35.8. The second kappa shape index (κ2) is 14.1. The predicted octanol–water partition coefficient (Wildman–Crippen LogP) is 16.3. The maximum absolute atomic E-state index is 5.61. The highest BCUT2D eigenvalue weighted by Crippen LogP contribution is 2.44. The first-order valence-corrected chi connectivity index (χ1v) is 22.9. The first-order valence-electron chi connectivity index (χ1n) is 22.1. The normalized spacial score (nSPS) is 12.0. The predicted molar refractivity (Wildman–Crippen MR) is 275 cm³/mol. The summed E-state index contributed by atoms with van der Waals surface area (Å²) in [6.45, 7) is 0. The first-order chi connectivity index (χ1) is 32.2. The highest BCUT2D eigenvalue weighted by Gasteiger charge is 2.23. The molecule has 0 spiro atoms. The Bertz CT molecular complexity index is 4230. The lowest BCUT2D eigenvalue weighted by atomic mass is 9.98. The van der Waals surface area contributed by atoms with E-state index in [9.17, 15) is 0 Å². The van der Waals surface area contributed by atoms with Crippen molar-refractivity contribution < 1.29 is 0 Å². The van der Waals surface area contributed by atoms with Gasteiger partial charge in [-0.15, -0.1) is 11.3 Å². The van der Waals surface area contributed by atoms with E-state index in [2.05, 4.69) is 228 Å². The van der Waals surface area contributed by atoms with Gasteiger partial charge >= 0.3 is 0 Å². The molecule has 10 aromatic carbocycles. The molecule has 65 heavy (non-hydrogen) atoms. The molecule has 0 aliphatic heterocycles. The lowest BCUT2D eigenvalue weighted by Gasteiger charge is -2.12. The number of aromatic nitrogens is 4. The topological polar surface area (TPSA) is 35.6 Å². The van der Waals surface area contributed by atoms with E-state index in [0.29, 0.717) is 5.95 Å². The standard InChI is InChI=1S/C60H36N4S/c1-3-17-40(18-4-1)55-36-50-59(65-55)58(47-25-13-19-37-14-7-10-22-44(37)47)62-60(61-50)64-52-31-29-42(35-49(52)57-46-24-12-9-16-39(46)27-33-54(57)64)41-28-30-51-48(34-41)56-45-23-11-8-15-38(45)26-32-53(56)63(51)43-20-5-2-6-21-43/h1-36H. The van der Waals surface area contributed by atoms with Gasteiger partial charge in [0.2, 0.25) is 5.95 Å². The van der Waals surface area contributed by atoms with Crippen molar-refractivity contribution in [3.05, 3.63) is 218 Å². The Hall–Kier alpha value is -8.38. The van der Waals surface area contributed by atoms with E-state index in [4.69, 9.17) is 9.97 Å². The molecule has 0 unspecified atom stereocenters. The molecule has 4 aromatic heterocycles. The van der Waals surface area contributed by atoms with Crippen LogP contribution in [0.1, 0.15) is 0 Å². The van der Waals surface area contributed by atoms with Gasteiger partial charge in [0.15, 0.2) is 0 Å². The number of hydrogen-bond acceptors (Lipinski definition) is 3. The van der Waals surface area contributed by atoms with Gasteiger partial charge in [0.25, 0.3) is 0 Å². The van der Waals surface area contributed by atoms with Gasteiger partial charge in [-0.25, -0.2) is 9.97 Å². The molecule has 0 atom stereocenters. The summed E-state index contributed by atoms with van der Waals surface area (Å²) in [5.41, 5.74) is 12.2. The number of rotatable bonds is 5. The van der Waals surface area contributed by atoms with Crippen LogP contribution in [0.5, 0.6) is 0 Å². The van der Waals surface area contributed by atoms with E-state index < -0.39 is 0 Å². The molecule has 0 aliphatic carbocycles. The molecule has 4 nitrogen and oxygen atoms in total. The van der Waals surface area contributed by atoms with Crippen LogP contribution in [0.15, 0.2) is 218 Å². The number of para-hydroxylation sites is 1. The molecule has 0 aliphatic rings. The van der Waals surface area contributed by atoms with Crippen LogP contribution in [-0.4, -0.2) is 19.1 Å². The SMILES string of the molecule is c1ccc(-c2cc3nc(-n4c5ccc(-c6ccc7c(c6)c6c8ccccc8ccc6n7-c6ccccc6)cc5c5c6ccccc6ccc54)nc(-c4cccc5ccccc45)c3s2)cc1. The van der Waals surface area contributed by atoms with Crippen LogP contribution >= 0.6 is 11.3 Å². The third kappa shape index (κ3) is 5.49. The van der Waals surface area contributed by atoms with E-state index in [1.165, 1.54) is 75.5 Å². The quantitative estimate of drug-likeness (QED) is 0.173. The summed E-state index contributed by atoms with van der Waals surface area (Å²) in [7, 11) is 0. The van der Waals surface area contributed by atoms with Crippen LogP contribution in [0.3, 0.4) is 0 Å². The Morgan fingerprint density at radius 2 is 0.877 bits per heavy atom. The molecule has 0 saturated heterocycles. The Morgan fingerprint density at radius 1 is 0.354 bits per heavy atom. The zero-order chi connectivity index (χ0) is 42.6. The van der Waals surface area contributed by atoms with E-state index in [-0.39, 0.29) is 0 Å². The fraction of sp³-hybridized carbons (Fsp3) is 0. The van der Waals surface area contributed by atoms with Crippen LogP contribution in [-0.2, 0) is 0 Å². The number of thiophene rings is 1. The van der Waals surface area contributed by atoms with Crippen LogP contribution in [0, 0.1) is 0 Å². The summed E-state index contributed by atoms with van der Waals surface area (Å²) in [6.07, 6.45) is 0. The molecule has 5 heteroatoms. The van der Waals surface area contributed by atoms with Gasteiger partial charge in [0.1, 0.15) is 0 Å². The summed E-state index contributed by atoms with van der Waals surface area (Å²) in [4.78, 5) is 12.2. The van der Waals surface area contributed by atoms with Crippen molar-refractivity contribution in [2.45, 2.75) is 0 Å². The Morgan fingerprint density at radius 3 is 1.54 bits per heavy atom. The molecular weight excluding hydrogens is 809 g/mol. The molecule has 0 N–H and O–H groups in total. The van der Waals surface area contributed by atoms with Crippen molar-refractivity contribution in [3.63, 3.8) is 0 Å². The van der Waals surface area contributed by atoms with Crippen molar-refractivity contribution in [1.29, 1.82) is 0 Å². The molecule has 0 amide bonds. The van der Waals surface area contributed by atoms with Crippen molar-refractivity contribution in [2.75, 3.05) is 0 Å². The maximum Gasteiger partial charge on any atom is 0.235 e. The van der Waals surface area contributed by atoms with E-state index >= 15 is 0 Å². The molecule has 0 saturated carbocycles. The molecule has 14 aromatic rings. The Kier molecular flexibility index (Phi) is 7.82. The fourth-order valence-corrected chi connectivity index (χ4v) is 11.5. The number of benzene rings is 10. The van der Waals surface area contributed by atoms with Gasteiger partial charge in [-0.1, -0.05) is 164 Å². The monoisotopic (exact) mass is 844 g/mol. The summed E-state index contributed by atoms with van der Waals surface area (Å²) in [5.74, 6) is 0.655. The first kappa shape index (κ1) is 36.1. The number of hydrogen-bond donors (Lipinski definition) is 0. The highest BCUT2D eigenvalue weighted by atomic mass is 32.1. The molecule has 302 valence electrons. The average molecular weight is 845 g/mol. The van der Waals surface area contributed by atoms with Crippen LogP contribution in [0.2, 0.25) is 0 Å². The number of fused-ring (bicyclic) bond motifs is 12. The largest absolute Gasteiger partial charge is 0.309 e. The smallest absolute Gasteiger partial charge is 0.235 e. The molecule has 0 radical (unpaired) electrons. The van der Waals surface area contributed by atoms with E-state index in [1.54, 1.807) is 11.3 Å². The summed E-state index contributed by atoms with van der Waals surface area (Å²) >= 11 is 1.76. The van der Waals surface area contributed by atoms with Crippen molar-refractivity contribution in [1.82, 2.24) is 19.1 Å². The zero-order valence-electron chi connectivity index (χ0n) is 35.0. The van der Waals surface area contributed by atoms with Crippen molar-refractivity contribution in [2.24, 2.45) is 0 Å². The Balaban J connectivity index is 1.03. The third-order valence-corrected chi connectivity index (χ3v) is 14.5. The van der Waals surface area contributed by atoms with Crippen LogP contribution in [0.25, 0.3) is 131 Å². The van der Waals surface area contributed by atoms with Crippen molar-refractivity contribution in [3.8, 4) is 44.5 Å². The second-order valence-electron chi connectivity index (χ2n) is 16.9. The van der Waals surface area contributed by atoms with Crippen LogP contribution in [0.4, 0.5) is 0 Å². The summed E-state index contributed by atoms with van der Waals surface area (Å²) in [6, 6.07) is 79.1. The lowest BCUT2D eigenvalue weighted by Crippen LogP contribution is -2.02. The van der Waals surface area contributed by atoms with Gasteiger partial charge in [-0.2, -0.15) is 0 Å². The third-order valence-electron chi connectivity index (χ3n) is 13.3. The molecule has 0 bridgehead atoms.